The van der Waals surface area contributed by atoms with Crippen LogP contribution in [0.1, 0.15) is 19.4 Å². The molecule has 0 amide bonds. The molecule has 0 heterocycles. The Morgan fingerprint density at radius 3 is 2.00 bits per heavy atom. The first-order valence-corrected chi connectivity index (χ1v) is 9.52. The lowest BCUT2D eigenvalue weighted by Crippen LogP contribution is -2.21. The van der Waals surface area contributed by atoms with Gasteiger partial charge in [0.15, 0.2) is 9.84 Å². The number of aliphatic imine (C=N–C) groups is 1. The van der Waals surface area contributed by atoms with E-state index in [1.807, 2.05) is 12.1 Å². The van der Waals surface area contributed by atoms with Gasteiger partial charge in [-0.25, -0.2) is 8.42 Å². The largest absolute Gasteiger partial charge is 0.372 e. The average molecular weight is 330 g/mol. The van der Waals surface area contributed by atoms with Gasteiger partial charge in [-0.3, -0.25) is 4.99 Å². The Hall–Kier alpha value is -2.14. The molecule has 2 aromatic carbocycles. The van der Waals surface area contributed by atoms with Gasteiger partial charge in [-0.05, 0) is 55.8 Å². The molecular weight excluding hydrogens is 308 g/mol. The van der Waals surface area contributed by atoms with E-state index < -0.39 is 9.84 Å². The Balaban J connectivity index is 2.11. The average Bonchev–Trinajstić information content (AvgIpc) is 2.55. The van der Waals surface area contributed by atoms with Crippen molar-refractivity contribution in [2.75, 3.05) is 24.2 Å². The molecule has 0 aliphatic carbocycles. The molecule has 4 nitrogen and oxygen atoms in total. The summed E-state index contributed by atoms with van der Waals surface area (Å²) >= 11 is 0. The van der Waals surface area contributed by atoms with Crippen molar-refractivity contribution in [2.45, 2.75) is 18.7 Å². The maximum atomic E-state index is 11.4. The molecule has 0 bridgehead atoms. The second-order valence-corrected chi connectivity index (χ2v) is 7.30. The summed E-state index contributed by atoms with van der Waals surface area (Å²) in [7, 11) is -3.16. The van der Waals surface area contributed by atoms with E-state index in [-0.39, 0.29) is 0 Å². The molecule has 0 N–H and O–H groups in total. The number of hydrogen-bond acceptors (Lipinski definition) is 4. The van der Waals surface area contributed by atoms with Gasteiger partial charge in [-0.1, -0.05) is 12.1 Å². The Kier molecular flexibility index (Phi) is 5.55. The van der Waals surface area contributed by atoms with Crippen LogP contribution in [-0.2, 0) is 9.84 Å². The van der Waals surface area contributed by atoms with Gasteiger partial charge in [-0.2, -0.15) is 0 Å². The van der Waals surface area contributed by atoms with Crippen molar-refractivity contribution in [1.29, 1.82) is 0 Å². The Labute approximate surface area is 138 Å². The molecule has 0 radical (unpaired) electrons. The topological polar surface area (TPSA) is 49.7 Å². The Morgan fingerprint density at radius 1 is 0.957 bits per heavy atom. The highest BCUT2D eigenvalue weighted by atomic mass is 32.2. The maximum absolute atomic E-state index is 11.4. The summed E-state index contributed by atoms with van der Waals surface area (Å²) in [6.07, 6.45) is 2.98. The van der Waals surface area contributed by atoms with Crippen molar-refractivity contribution in [1.82, 2.24) is 0 Å². The number of nitrogens with zero attached hydrogens (tertiary/aromatic N) is 2. The van der Waals surface area contributed by atoms with Crippen molar-refractivity contribution in [2.24, 2.45) is 4.99 Å². The smallest absolute Gasteiger partial charge is 0.175 e. The molecule has 0 aliphatic heterocycles. The zero-order chi connectivity index (χ0) is 16.9. The minimum absolute atomic E-state index is 0.306. The number of hydrogen-bond donors (Lipinski definition) is 0. The molecule has 2 aromatic rings. The van der Waals surface area contributed by atoms with Gasteiger partial charge in [0.05, 0.1) is 10.6 Å². The fourth-order valence-corrected chi connectivity index (χ4v) is 2.92. The van der Waals surface area contributed by atoms with Crippen molar-refractivity contribution >= 4 is 27.4 Å². The fraction of sp³-hybridized carbons (Fsp3) is 0.278. The molecule has 0 aromatic heterocycles. The molecule has 0 saturated heterocycles. The SMILES string of the molecule is CCN(CC)c1ccc(C=Nc2ccc(S(C)(=O)=O)cc2)cc1. The predicted molar refractivity (Wildman–Crippen MR) is 96.8 cm³/mol. The third-order valence-electron chi connectivity index (χ3n) is 3.65. The van der Waals surface area contributed by atoms with Gasteiger partial charge in [0.2, 0.25) is 0 Å². The number of sulfone groups is 1. The standard InChI is InChI=1S/C18H22N2O2S/c1-4-20(5-2)17-10-6-15(7-11-17)14-19-16-8-12-18(13-9-16)23(3,21)22/h6-14H,4-5H2,1-3H3. The second kappa shape index (κ2) is 7.42. The summed E-state index contributed by atoms with van der Waals surface area (Å²) in [5.41, 5.74) is 2.93. The first-order valence-electron chi connectivity index (χ1n) is 7.63. The predicted octanol–water partition coefficient (Wildman–Crippen LogP) is 3.69. The van der Waals surface area contributed by atoms with E-state index in [2.05, 4.69) is 35.9 Å². The molecule has 0 unspecified atom stereocenters. The first-order chi connectivity index (χ1) is 10.9. The normalized spacial score (nSPS) is 11.8. The molecule has 0 aliphatic rings. The number of anilines is 1. The van der Waals surface area contributed by atoms with Gasteiger partial charge in [-0.15, -0.1) is 0 Å². The Morgan fingerprint density at radius 2 is 1.52 bits per heavy atom. The van der Waals surface area contributed by atoms with E-state index in [1.165, 1.54) is 11.9 Å². The number of rotatable bonds is 6. The first kappa shape index (κ1) is 17.2. The van der Waals surface area contributed by atoms with Crippen LogP contribution in [0.25, 0.3) is 0 Å². The zero-order valence-electron chi connectivity index (χ0n) is 13.7. The van der Waals surface area contributed by atoms with Gasteiger partial charge in [0, 0.05) is 31.2 Å². The van der Waals surface area contributed by atoms with Crippen molar-refractivity contribution in [3.05, 3.63) is 54.1 Å². The van der Waals surface area contributed by atoms with Crippen LogP contribution < -0.4 is 4.90 Å². The summed E-state index contributed by atoms with van der Waals surface area (Å²) in [6, 6.07) is 14.8. The molecule has 0 fully saturated rings. The Bertz CT molecular complexity index is 760. The highest BCUT2D eigenvalue weighted by Crippen LogP contribution is 2.17. The van der Waals surface area contributed by atoms with Crippen LogP contribution in [0.5, 0.6) is 0 Å². The summed E-state index contributed by atoms with van der Waals surface area (Å²) in [6.45, 7) is 6.24. The van der Waals surface area contributed by atoms with Crippen LogP contribution in [0.2, 0.25) is 0 Å². The summed E-state index contributed by atoms with van der Waals surface area (Å²) in [5.74, 6) is 0. The molecule has 0 spiro atoms. The van der Waals surface area contributed by atoms with Crippen molar-refractivity contribution in [3.63, 3.8) is 0 Å². The highest BCUT2D eigenvalue weighted by Gasteiger charge is 2.05. The fourth-order valence-electron chi connectivity index (χ4n) is 2.29. The van der Waals surface area contributed by atoms with Crippen LogP contribution >= 0.6 is 0 Å². The quantitative estimate of drug-likeness (QED) is 0.759. The highest BCUT2D eigenvalue weighted by molar-refractivity contribution is 7.90. The van der Waals surface area contributed by atoms with E-state index in [0.29, 0.717) is 4.90 Å². The molecule has 0 atom stereocenters. The second-order valence-electron chi connectivity index (χ2n) is 5.29. The van der Waals surface area contributed by atoms with E-state index in [1.54, 1.807) is 30.5 Å². The third kappa shape index (κ3) is 4.66. The monoisotopic (exact) mass is 330 g/mol. The lowest BCUT2D eigenvalue weighted by Gasteiger charge is -2.20. The van der Waals surface area contributed by atoms with Crippen LogP contribution in [0.4, 0.5) is 11.4 Å². The van der Waals surface area contributed by atoms with Gasteiger partial charge in [0.1, 0.15) is 0 Å². The van der Waals surface area contributed by atoms with E-state index >= 15 is 0 Å². The lowest BCUT2D eigenvalue weighted by atomic mass is 10.2. The molecule has 122 valence electrons. The number of benzene rings is 2. The molecule has 5 heteroatoms. The van der Waals surface area contributed by atoms with E-state index in [9.17, 15) is 8.42 Å². The van der Waals surface area contributed by atoms with Gasteiger partial charge in [0.25, 0.3) is 0 Å². The summed E-state index contributed by atoms with van der Waals surface area (Å²) in [4.78, 5) is 6.97. The minimum atomic E-state index is -3.16. The zero-order valence-corrected chi connectivity index (χ0v) is 14.5. The summed E-state index contributed by atoms with van der Waals surface area (Å²) < 4.78 is 22.8. The molecule has 2 rings (SSSR count). The van der Waals surface area contributed by atoms with E-state index in [0.717, 1.165) is 24.3 Å². The summed E-state index contributed by atoms with van der Waals surface area (Å²) in [5, 5.41) is 0. The van der Waals surface area contributed by atoms with Crippen molar-refractivity contribution < 1.29 is 8.42 Å². The van der Waals surface area contributed by atoms with Gasteiger partial charge >= 0.3 is 0 Å². The maximum Gasteiger partial charge on any atom is 0.175 e. The van der Waals surface area contributed by atoms with Gasteiger partial charge < -0.3 is 4.90 Å². The van der Waals surface area contributed by atoms with Crippen LogP contribution in [0, 0.1) is 0 Å². The lowest BCUT2D eigenvalue weighted by molar-refractivity contribution is 0.602. The molecule has 23 heavy (non-hydrogen) atoms. The van der Waals surface area contributed by atoms with Crippen LogP contribution in [0.15, 0.2) is 58.4 Å². The van der Waals surface area contributed by atoms with E-state index in [4.69, 9.17) is 0 Å². The van der Waals surface area contributed by atoms with Crippen LogP contribution in [-0.4, -0.2) is 34.0 Å². The minimum Gasteiger partial charge on any atom is -0.372 e. The van der Waals surface area contributed by atoms with Crippen LogP contribution in [0.3, 0.4) is 0 Å². The molecular formula is C18H22N2O2S. The molecule has 0 saturated carbocycles. The third-order valence-corrected chi connectivity index (χ3v) is 4.78. The van der Waals surface area contributed by atoms with Crippen molar-refractivity contribution in [3.8, 4) is 0 Å².